The molecule has 84 valence electrons. The highest BCUT2D eigenvalue weighted by molar-refractivity contribution is 5.42. The van der Waals surface area contributed by atoms with Gasteiger partial charge in [-0.3, -0.25) is 4.98 Å². The van der Waals surface area contributed by atoms with Crippen LogP contribution < -0.4 is 10.6 Å². The quantitative estimate of drug-likeness (QED) is 0.659. The first-order valence-electron chi connectivity index (χ1n) is 5.19. The van der Waals surface area contributed by atoms with Crippen molar-refractivity contribution in [3.8, 4) is 0 Å². The number of rotatable bonds is 7. The van der Waals surface area contributed by atoms with Gasteiger partial charge in [-0.2, -0.15) is 0 Å². The van der Waals surface area contributed by atoms with Crippen molar-refractivity contribution in [2.45, 2.75) is 6.92 Å². The molecule has 0 aromatic carbocycles. The van der Waals surface area contributed by atoms with Crippen molar-refractivity contribution >= 4 is 5.69 Å². The van der Waals surface area contributed by atoms with Gasteiger partial charge < -0.3 is 15.4 Å². The molecule has 0 atom stereocenters. The van der Waals surface area contributed by atoms with Crippen LogP contribution in [-0.4, -0.2) is 38.3 Å². The van der Waals surface area contributed by atoms with E-state index in [1.165, 1.54) is 0 Å². The average molecular weight is 209 g/mol. The van der Waals surface area contributed by atoms with Crippen molar-refractivity contribution < 1.29 is 4.74 Å². The average Bonchev–Trinajstić information content (AvgIpc) is 2.23. The highest BCUT2D eigenvalue weighted by Gasteiger charge is 1.92. The molecule has 0 amide bonds. The van der Waals surface area contributed by atoms with Gasteiger partial charge in [0.2, 0.25) is 0 Å². The van der Waals surface area contributed by atoms with Crippen LogP contribution in [0.1, 0.15) is 5.69 Å². The van der Waals surface area contributed by atoms with Crippen LogP contribution in [0.5, 0.6) is 0 Å². The van der Waals surface area contributed by atoms with Crippen molar-refractivity contribution in [1.29, 1.82) is 0 Å². The van der Waals surface area contributed by atoms with E-state index >= 15 is 0 Å². The maximum Gasteiger partial charge on any atom is 0.0587 e. The zero-order chi connectivity index (χ0) is 10.9. The number of aryl methyl sites for hydroxylation is 1. The minimum atomic E-state index is 0.758. The Bertz CT molecular complexity index is 278. The molecule has 1 rings (SSSR count). The van der Waals surface area contributed by atoms with E-state index in [1.54, 1.807) is 7.11 Å². The van der Waals surface area contributed by atoms with E-state index in [0.717, 1.165) is 37.6 Å². The van der Waals surface area contributed by atoms with Crippen molar-refractivity contribution in [1.82, 2.24) is 10.3 Å². The van der Waals surface area contributed by atoms with E-state index in [9.17, 15) is 0 Å². The molecule has 15 heavy (non-hydrogen) atoms. The first-order chi connectivity index (χ1) is 7.33. The summed E-state index contributed by atoms with van der Waals surface area (Å²) in [7, 11) is 1.71. The van der Waals surface area contributed by atoms with Gasteiger partial charge in [0.1, 0.15) is 0 Å². The van der Waals surface area contributed by atoms with Gasteiger partial charge >= 0.3 is 0 Å². The molecule has 0 spiro atoms. The van der Waals surface area contributed by atoms with E-state index in [-0.39, 0.29) is 0 Å². The van der Waals surface area contributed by atoms with E-state index < -0.39 is 0 Å². The fourth-order valence-corrected chi connectivity index (χ4v) is 1.25. The third-order valence-corrected chi connectivity index (χ3v) is 2.01. The number of anilines is 1. The lowest BCUT2D eigenvalue weighted by Crippen LogP contribution is -2.25. The summed E-state index contributed by atoms with van der Waals surface area (Å²) >= 11 is 0. The summed E-state index contributed by atoms with van der Waals surface area (Å²) in [5.74, 6) is 0. The van der Waals surface area contributed by atoms with Crippen molar-refractivity contribution in [2.75, 3.05) is 38.7 Å². The van der Waals surface area contributed by atoms with Crippen LogP contribution in [0.3, 0.4) is 0 Å². The maximum absolute atomic E-state index is 4.93. The fraction of sp³-hybridized carbons (Fsp3) is 0.545. The van der Waals surface area contributed by atoms with Crippen LogP contribution in [0.25, 0.3) is 0 Å². The number of nitrogens with one attached hydrogen (secondary N) is 2. The second kappa shape index (κ2) is 7.20. The van der Waals surface area contributed by atoms with Gasteiger partial charge in [0.15, 0.2) is 0 Å². The second-order valence-electron chi connectivity index (χ2n) is 3.36. The molecule has 1 heterocycles. The van der Waals surface area contributed by atoms with Gasteiger partial charge in [0.25, 0.3) is 0 Å². The number of aromatic nitrogens is 1. The monoisotopic (exact) mass is 209 g/mol. The summed E-state index contributed by atoms with van der Waals surface area (Å²) in [6, 6.07) is 4.01. The third kappa shape index (κ3) is 5.34. The Morgan fingerprint density at radius 2 is 2.20 bits per heavy atom. The smallest absolute Gasteiger partial charge is 0.0587 e. The Kier molecular flexibility index (Phi) is 5.73. The second-order valence-corrected chi connectivity index (χ2v) is 3.36. The lowest BCUT2D eigenvalue weighted by molar-refractivity contribution is 0.200. The summed E-state index contributed by atoms with van der Waals surface area (Å²) < 4.78 is 4.93. The zero-order valence-corrected chi connectivity index (χ0v) is 9.42. The fourth-order valence-electron chi connectivity index (χ4n) is 1.25. The van der Waals surface area contributed by atoms with E-state index in [1.807, 2.05) is 25.3 Å². The molecule has 0 fully saturated rings. The van der Waals surface area contributed by atoms with Gasteiger partial charge in [-0.25, -0.2) is 0 Å². The van der Waals surface area contributed by atoms with E-state index in [0.29, 0.717) is 0 Å². The van der Waals surface area contributed by atoms with Crippen molar-refractivity contribution in [2.24, 2.45) is 0 Å². The van der Waals surface area contributed by atoms with Crippen LogP contribution in [0.4, 0.5) is 5.69 Å². The van der Waals surface area contributed by atoms with E-state index in [4.69, 9.17) is 4.74 Å². The molecule has 0 aliphatic carbocycles. The predicted octanol–water partition coefficient (Wildman–Crippen LogP) is 1.04. The van der Waals surface area contributed by atoms with Gasteiger partial charge in [0.05, 0.1) is 6.61 Å². The SMILES string of the molecule is COCCNCCNc1ccnc(C)c1. The molecule has 4 nitrogen and oxygen atoms in total. The van der Waals surface area contributed by atoms with Crippen molar-refractivity contribution in [3.63, 3.8) is 0 Å². The summed E-state index contributed by atoms with van der Waals surface area (Å²) in [4.78, 5) is 4.14. The minimum absolute atomic E-state index is 0.758. The molecule has 1 aromatic heterocycles. The minimum Gasteiger partial charge on any atom is -0.384 e. The van der Waals surface area contributed by atoms with E-state index in [2.05, 4.69) is 15.6 Å². The summed E-state index contributed by atoms with van der Waals surface area (Å²) in [6.07, 6.45) is 1.82. The molecule has 0 saturated carbocycles. The molecule has 0 aliphatic rings. The van der Waals surface area contributed by atoms with Crippen LogP contribution in [-0.2, 0) is 4.74 Å². The Labute approximate surface area is 91.1 Å². The number of hydrogen-bond donors (Lipinski definition) is 2. The molecule has 1 aromatic rings. The Hall–Kier alpha value is -1.13. The number of ether oxygens (including phenoxy) is 1. The molecule has 0 bridgehead atoms. The van der Waals surface area contributed by atoms with Crippen LogP contribution in [0.2, 0.25) is 0 Å². The number of pyridine rings is 1. The molecule has 0 unspecified atom stereocenters. The Morgan fingerprint density at radius 1 is 1.33 bits per heavy atom. The maximum atomic E-state index is 4.93. The first kappa shape index (κ1) is 11.9. The topological polar surface area (TPSA) is 46.2 Å². The first-order valence-corrected chi connectivity index (χ1v) is 5.19. The lowest BCUT2D eigenvalue weighted by Gasteiger charge is -2.07. The molecule has 2 N–H and O–H groups in total. The number of nitrogens with zero attached hydrogens (tertiary/aromatic N) is 1. The Morgan fingerprint density at radius 3 is 2.93 bits per heavy atom. The highest BCUT2D eigenvalue weighted by atomic mass is 16.5. The Balaban J connectivity index is 2.10. The van der Waals surface area contributed by atoms with Gasteiger partial charge in [-0.1, -0.05) is 0 Å². The highest BCUT2D eigenvalue weighted by Crippen LogP contribution is 2.05. The molecular formula is C11H19N3O. The van der Waals surface area contributed by atoms with Gasteiger partial charge in [-0.15, -0.1) is 0 Å². The molecule has 0 radical (unpaired) electrons. The molecular weight excluding hydrogens is 190 g/mol. The third-order valence-electron chi connectivity index (χ3n) is 2.01. The molecule has 0 saturated heterocycles. The predicted molar refractivity (Wildman–Crippen MR) is 62.2 cm³/mol. The normalized spacial score (nSPS) is 10.3. The summed E-state index contributed by atoms with van der Waals surface area (Å²) in [5, 5.41) is 6.59. The van der Waals surface area contributed by atoms with Gasteiger partial charge in [0, 0.05) is 44.3 Å². The van der Waals surface area contributed by atoms with Crippen LogP contribution in [0.15, 0.2) is 18.3 Å². The summed E-state index contributed by atoms with van der Waals surface area (Å²) in [5.41, 5.74) is 2.16. The largest absolute Gasteiger partial charge is 0.384 e. The van der Waals surface area contributed by atoms with Crippen LogP contribution in [0, 0.1) is 6.92 Å². The van der Waals surface area contributed by atoms with Gasteiger partial charge in [-0.05, 0) is 19.1 Å². The molecule has 4 heteroatoms. The van der Waals surface area contributed by atoms with Crippen molar-refractivity contribution in [3.05, 3.63) is 24.0 Å². The lowest BCUT2D eigenvalue weighted by atomic mass is 10.3. The molecule has 0 aliphatic heterocycles. The number of methoxy groups -OCH3 is 1. The van der Waals surface area contributed by atoms with Crippen LogP contribution >= 0.6 is 0 Å². The number of hydrogen-bond acceptors (Lipinski definition) is 4. The standard InChI is InChI=1S/C11H19N3O/c1-10-9-11(3-4-13-10)14-6-5-12-7-8-15-2/h3-4,9,12H,5-8H2,1-2H3,(H,13,14). The summed E-state index contributed by atoms with van der Waals surface area (Å²) in [6.45, 7) is 5.49. The zero-order valence-electron chi connectivity index (χ0n) is 9.42.